The lowest BCUT2D eigenvalue weighted by atomic mass is 9.62. The number of benzene rings is 3. The van der Waals surface area contributed by atoms with Crippen molar-refractivity contribution >= 4 is 12.2 Å². The molecule has 4 aromatic rings. The summed E-state index contributed by atoms with van der Waals surface area (Å²) in [6.07, 6.45) is 7.96. The summed E-state index contributed by atoms with van der Waals surface area (Å²) in [6.45, 7) is 0. The number of ether oxygens (including phenoxy) is 2. The van der Waals surface area contributed by atoms with Crippen molar-refractivity contribution in [3.8, 4) is 28.4 Å². The molecular formula is C32H32N4O3. The van der Waals surface area contributed by atoms with Gasteiger partial charge in [-0.3, -0.25) is 4.79 Å². The van der Waals surface area contributed by atoms with E-state index in [1.807, 2.05) is 54.6 Å². The van der Waals surface area contributed by atoms with Crippen LogP contribution in [0.2, 0.25) is 0 Å². The zero-order valence-electron chi connectivity index (χ0n) is 22.3. The van der Waals surface area contributed by atoms with Crippen molar-refractivity contribution in [3.05, 3.63) is 99.8 Å². The van der Waals surface area contributed by atoms with E-state index in [2.05, 4.69) is 28.7 Å². The van der Waals surface area contributed by atoms with Crippen LogP contribution in [0.4, 0.5) is 5.95 Å². The molecule has 1 aromatic heterocycles. The second kappa shape index (κ2) is 10.4. The summed E-state index contributed by atoms with van der Waals surface area (Å²) in [5.74, 6) is 1.71. The third-order valence-corrected chi connectivity index (χ3v) is 8.05. The van der Waals surface area contributed by atoms with E-state index in [0.717, 1.165) is 60.2 Å². The number of anilines is 1. The van der Waals surface area contributed by atoms with Gasteiger partial charge in [0.1, 0.15) is 11.5 Å². The molecule has 0 bridgehead atoms. The Morgan fingerprint density at radius 3 is 2.44 bits per heavy atom. The Labute approximate surface area is 228 Å². The smallest absolute Gasteiger partial charge is 0.264 e. The molecule has 0 aliphatic heterocycles. The van der Waals surface area contributed by atoms with Gasteiger partial charge in [0.15, 0.2) is 0 Å². The van der Waals surface area contributed by atoms with Crippen LogP contribution in [0.3, 0.4) is 0 Å². The zero-order chi connectivity index (χ0) is 26.8. The fraction of sp³-hybridized carbons (Fsp3) is 0.281. The molecular weight excluding hydrogens is 488 g/mol. The third kappa shape index (κ3) is 4.48. The van der Waals surface area contributed by atoms with Gasteiger partial charge in [0.2, 0.25) is 5.95 Å². The van der Waals surface area contributed by atoms with Crippen LogP contribution in [-0.2, 0) is 11.8 Å². The van der Waals surface area contributed by atoms with E-state index in [1.54, 1.807) is 25.0 Å². The summed E-state index contributed by atoms with van der Waals surface area (Å²) in [5, 5.41) is 4.48. The first-order chi connectivity index (χ1) is 19.1. The van der Waals surface area contributed by atoms with Crippen molar-refractivity contribution in [2.45, 2.75) is 43.9 Å². The Morgan fingerprint density at radius 2 is 1.67 bits per heavy atom. The molecule has 39 heavy (non-hydrogen) atoms. The monoisotopic (exact) mass is 520 g/mol. The van der Waals surface area contributed by atoms with Crippen LogP contribution in [0, 0.1) is 0 Å². The van der Waals surface area contributed by atoms with Crippen LogP contribution in [0.5, 0.6) is 11.5 Å². The molecule has 1 heterocycles. The number of hydrogen-bond donors (Lipinski definition) is 1. The van der Waals surface area contributed by atoms with E-state index in [9.17, 15) is 4.79 Å². The van der Waals surface area contributed by atoms with Gasteiger partial charge in [0.25, 0.3) is 5.56 Å². The van der Waals surface area contributed by atoms with E-state index in [0.29, 0.717) is 17.4 Å². The lowest BCUT2D eigenvalue weighted by Gasteiger charge is -2.42. The van der Waals surface area contributed by atoms with Crippen LogP contribution in [-0.4, -0.2) is 30.0 Å². The summed E-state index contributed by atoms with van der Waals surface area (Å²) in [4.78, 5) is 19.8. The molecule has 0 radical (unpaired) electrons. The number of nitrogens with zero attached hydrogens (tertiary/aromatic N) is 3. The number of aromatic nitrogens is 2. The molecule has 7 nitrogen and oxygen atoms in total. The highest BCUT2D eigenvalue weighted by molar-refractivity contribution is 5.80. The molecule has 0 saturated heterocycles. The van der Waals surface area contributed by atoms with Gasteiger partial charge in [0, 0.05) is 11.0 Å². The van der Waals surface area contributed by atoms with Gasteiger partial charge in [0.05, 0.1) is 37.4 Å². The molecule has 3 aromatic carbocycles. The van der Waals surface area contributed by atoms with Gasteiger partial charge in [-0.1, -0.05) is 55.7 Å². The molecule has 1 fully saturated rings. The first-order valence-corrected chi connectivity index (χ1v) is 13.5. The lowest BCUT2D eigenvalue weighted by molar-refractivity contribution is 0.284. The molecule has 0 amide bonds. The van der Waals surface area contributed by atoms with Crippen molar-refractivity contribution in [2.24, 2.45) is 5.10 Å². The highest BCUT2D eigenvalue weighted by Crippen LogP contribution is 2.49. The lowest BCUT2D eigenvalue weighted by Crippen LogP contribution is -2.43. The fourth-order valence-electron chi connectivity index (χ4n) is 6.18. The minimum absolute atomic E-state index is 0.0666. The Kier molecular flexibility index (Phi) is 6.65. The minimum Gasteiger partial charge on any atom is -0.497 e. The van der Waals surface area contributed by atoms with E-state index < -0.39 is 0 Å². The van der Waals surface area contributed by atoms with Crippen molar-refractivity contribution < 1.29 is 9.47 Å². The highest BCUT2D eigenvalue weighted by Gasteiger charge is 2.43. The number of methoxy groups -OCH3 is 2. The van der Waals surface area contributed by atoms with Gasteiger partial charge in [-0.25, -0.2) is 15.0 Å². The summed E-state index contributed by atoms with van der Waals surface area (Å²) in [6, 6.07) is 23.5. The Hall–Kier alpha value is -4.39. The predicted octanol–water partition coefficient (Wildman–Crippen LogP) is 6.12. The number of nitrogens with one attached hydrogen (secondary N) is 1. The molecule has 7 heteroatoms. The average Bonchev–Trinajstić information content (AvgIpc) is 2.98. The Morgan fingerprint density at radius 1 is 0.923 bits per heavy atom. The molecule has 6 rings (SSSR count). The second-order valence-electron chi connectivity index (χ2n) is 10.3. The Bertz CT molecular complexity index is 1580. The van der Waals surface area contributed by atoms with Crippen LogP contribution in [0.1, 0.15) is 48.8 Å². The molecule has 1 spiro atoms. The van der Waals surface area contributed by atoms with Gasteiger partial charge in [-0.05, 0) is 66.8 Å². The first kappa shape index (κ1) is 24.9. The minimum atomic E-state index is -0.222. The maximum absolute atomic E-state index is 14.7. The van der Waals surface area contributed by atoms with Gasteiger partial charge < -0.3 is 9.47 Å². The molecule has 1 N–H and O–H groups in total. The number of hydrazone groups is 1. The van der Waals surface area contributed by atoms with Gasteiger partial charge in [-0.2, -0.15) is 5.10 Å². The summed E-state index contributed by atoms with van der Waals surface area (Å²) in [5.41, 5.74) is 8.17. The van der Waals surface area contributed by atoms with Crippen molar-refractivity contribution in [1.29, 1.82) is 0 Å². The Balaban J connectivity index is 1.55. The van der Waals surface area contributed by atoms with E-state index >= 15 is 0 Å². The van der Waals surface area contributed by atoms with Gasteiger partial charge >= 0.3 is 0 Å². The molecule has 0 atom stereocenters. The SMILES string of the molecule is COc1ccc(/C=N/Nc2nc3c(c(=O)n2-c2ccccc2OC)C2(CCCCC2)Cc2ccccc2-3)cc1. The van der Waals surface area contributed by atoms with Crippen LogP contribution in [0.15, 0.2) is 82.7 Å². The van der Waals surface area contributed by atoms with Crippen molar-refractivity contribution in [1.82, 2.24) is 9.55 Å². The number of para-hydroxylation sites is 2. The number of hydrogen-bond acceptors (Lipinski definition) is 6. The number of rotatable bonds is 6. The molecule has 198 valence electrons. The normalized spacial score (nSPS) is 15.5. The largest absolute Gasteiger partial charge is 0.497 e. The summed E-state index contributed by atoms with van der Waals surface area (Å²) in [7, 11) is 3.25. The fourth-order valence-corrected chi connectivity index (χ4v) is 6.18. The second-order valence-corrected chi connectivity index (χ2v) is 10.3. The van der Waals surface area contributed by atoms with Crippen molar-refractivity contribution in [3.63, 3.8) is 0 Å². The van der Waals surface area contributed by atoms with Crippen molar-refractivity contribution in [2.75, 3.05) is 19.6 Å². The van der Waals surface area contributed by atoms with E-state index in [1.165, 1.54) is 12.0 Å². The quantitative estimate of drug-likeness (QED) is 0.245. The molecule has 2 aliphatic rings. The summed E-state index contributed by atoms with van der Waals surface area (Å²) >= 11 is 0. The topological polar surface area (TPSA) is 77.7 Å². The average molecular weight is 521 g/mol. The van der Waals surface area contributed by atoms with E-state index in [-0.39, 0.29) is 11.0 Å². The van der Waals surface area contributed by atoms with Gasteiger partial charge in [-0.15, -0.1) is 0 Å². The first-order valence-electron chi connectivity index (χ1n) is 13.5. The van der Waals surface area contributed by atoms with Crippen LogP contribution in [0.25, 0.3) is 16.9 Å². The maximum Gasteiger partial charge on any atom is 0.264 e. The number of fused-ring (bicyclic) bond motifs is 4. The zero-order valence-corrected chi connectivity index (χ0v) is 22.3. The highest BCUT2D eigenvalue weighted by atomic mass is 16.5. The predicted molar refractivity (Wildman–Crippen MR) is 154 cm³/mol. The molecule has 0 unspecified atom stereocenters. The molecule has 1 saturated carbocycles. The van der Waals surface area contributed by atoms with Crippen LogP contribution < -0.4 is 20.5 Å². The third-order valence-electron chi connectivity index (χ3n) is 8.05. The van der Waals surface area contributed by atoms with Crippen LogP contribution >= 0.6 is 0 Å². The molecule has 2 aliphatic carbocycles. The standard InChI is InChI=1S/C32H32N4O3/c1-38-24-16-14-22(15-17-24)21-33-35-31-34-29-25-11-5-4-10-23(25)20-32(18-8-3-9-19-32)28(29)30(37)36(31)26-12-6-7-13-27(26)39-2/h4-7,10-17,21H,3,8-9,18-20H2,1-2H3,(H,34,35)/b33-21+. The summed E-state index contributed by atoms with van der Waals surface area (Å²) < 4.78 is 12.6. The van der Waals surface area contributed by atoms with E-state index in [4.69, 9.17) is 14.5 Å². The maximum atomic E-state index is 14.7.